The topological polar surface area (TPSA) is 4.93 Å². The Balaban J connectivity index is 1.45. The fourth-order valence-electron chi connectivity index (χ4n) is 8.48. The number of benzene rings is 7. The summed E-state index contributed by atoms with van der Waals surface area (Å²) in [6, 6.07) is 37.8. The lowest BCUT2D eigenvalue weighted by molar-refractivity contribution is 0.661. The van der Waals surface area contributed by atoms with E-state index in [1.54, 1.807) is 0 Å². The molecule has 7 aromatic carbocycles. The molecule has 1 aliphatic carbocycles. The molecule has 0 unspecified atom stereocenters. The average molecular weight is 582 g/mol. The van der Waals surface area contributed by atoms with Crippen LogP contribution in [0, 0.1) is 6.92 Å². The Bertz CT molecular complexity index is 2490. The standard InChI is InChI=1S/C44H39N/c1-24(2)29-19-30(25(3)4)21-31(20-29)45-38-17-12-26(5)18-35(38)43-34-16-15-33-40-27(13-14-28(41(34)40)23-39(43)45)22-37-42(33)32-10-8-9-11-36(32)44(37,6)7/h8-25H,1-7H3. The first-order chi connectivity index (χ1) is 21.6. The van der Waals surface area contributed by atoms with Gasteiger partial charge in [-0.25, -0.2) is 0 Å². The third kappa shape index (κ3) is 3.50. The van der Waals surface area contributed by atoms with Crippen molar-refractivity contribution in [1.29, 1.82) is 0 Å². The molecule has 0 saturated heterocycles. The Hall–Kier alpha value is -4.62. The molecule has 0 aliphatic heterocycles. The largest absolute Gasteiger partial charge is 0.309 e. The number of rotatable bonds is 3. The quantitative estimate of drug-likeness (QED) is 0.183. The van der Waals surface area contributed by atoms with E-state index >= 15 is 0 Å². The van der Waals surface area contributed by atoms with E-state index in [0.29, 0.717) is 11.8 Å². The summed E-state index contributed by atoms with van der Waals surface area (Å²) in [4.78, 5) is 0. The molecule has 1 aliphatic rings. The monoisotopic (exact) mass is 581 g/mol. The van der Waals surface area contributed by atoms with Gasteiger partial charge < -0.3 is 4.57 Å². The van der Waals surface area contributed by atoms with Gasteiger partial charge in [0, 0.05) is 21.9 Å². The Morgan fingerprint density at radius 1 is 0.556 bits per heavy atom. The van der Waals surface area contributed by atoms with E-state index in [-0.39, 0.29) is 5.41 Å². The highest BCUT2D eigenvalue weighted by atomic mass is 15.0. The van der Waals surface area contributed by atoms with Gasteiger partial charge >= 0.3 is 0 Å². The van der Waals surface area contributed by atoms with Crippen molar-refractivity contribution in [3.8, 4) is 16.8 Å². The molecule has 1 heteroatoms. The number of fused-ring (bicyclic) bond motifs is 8. The zero-order valence-corrected chi connectivity index (χ0v) is 27.3. The second-order valence-electron chi connectivity index (χ2n) is 14.7. The van der Waals surface area contributed by atoms with E-state index in [9.17, 15) is 0 Å². The van der Waals surface area contributed by atoms with Gasteiger partial charge in [-0.1, -0.05) is 108 Å². The highest BCUT2D eigenvalue weighted by Crippen LogP contribution is 2.54. The van der Waals surface area contributed by atoms with Crippen LogP contribution in [0.2, 0.25) is 0 Å². The summed E-state index contributed by atoms with van der Waals surface area (Å²) in [6.45, 7) is 16.2. The van der Waals surface area contributed by atoms with Crippen LogP contribution in [0.4, 0.5) is 0 Å². The van der Waals surface area contributed by atoms with E-state index in [1.807, 2.05) is 0 Å². The lowest BCUT2D eigenvalue weighted by Gasteiger charge is -2.23. The van der Waals surface area contributed by atoms with E-state index in [4.69, 9.17) is 0 Å². The summed E-state index contributed by atoms with van der Waals surface area (Å²) in [5.41, 5.74) is 13.6. The first-order valence-electron chi connectivity index (χ1n) is 16.6. The molecule has 0 spiro atoms. The van der Waals surface area contributed by atoms with Gasteiger partial charge in [-0.3, -0.25) is 0 Å². The van der Waals surface area contributed by atoms with Crippen molar-refractivity contribution >= 4 is 54.1 Å². The minimum absolute atomic E-state index is 0.0199. The number of aromatic nitrogens is 1. The van der Waals surface area contributed by atoms with Gasteiger partial charge in [-0.2, -0.15) is 0 Å². The number of hydrogen-bond donors (Lipinski definition) is 0. The van der Waals surface area contributed by atoms with Crippen LogP contribution in [0.25, 0.3) is 70.9 Å². The van der Waals surface area contributed by atoms with Crippen LogP contribution in [-0.2, 0) is 5.41 Å². The highest BCUT2D eigenvalue weighted by molar-refractivity contribution is 6.34. The maximum absolute atomic E-state index is 2.53. The Kier molecular flexibility index (Phi) is 5.34. The lowest BCUT2D eigenvalue weighted by Crippen LogP contribution is -2.14. The normalized spacial score (nSPS) is 14.2. The fraction of sp³-hybridized carbons (Fsp3) is 0.227. The minimum atomic E-state index is -0.0199. The summed E-state index contributed by atoms with van der Waals surface area (Å²) in [6.07, 6.45) is 0. The van der Waals surface area contributed by atoms with Crippen molar-refractivity contribution in [1.82, 2.24) is 4.57 Å². The molecular formula is C44H39N. The molecule has 0 amide bonds. The molecule has 0 saturated carbocycles. The molecule has 8 aromatic rings. The molecule has 0 atom stereocenters. The summed E-state index contributed by atoms with van der Waals surface area (Å²) in [5, 5.41) is 10.9. The maximum Gasteiger partial charge on any atom is 0.0553 e. The summed E-state index contributed by atoms with van der Waals surface area (Å²) in [7, 11) is 0. The highest BCUT2D eigenvalue weighted by Gasteiger charge is 2.37. The first-order valence-corrected chi connectivity index (χ1v) is 16.6. The van der Waals surface area contributed by atoms with Crippen LogP contribution in [-0.4, -0.2) is 4.57 Å². The van der Waals surface area contributed by atoms with Crippen molar-refractivity contribution in [2.45, 2.75) is 65.7 Å². The zero-order chi connectivity index (χ0) is 30.9. The van der Waals surface area contributed by atoms with Crippen LogP contribution < -0.4 is 0 Å². The summed E-state index contributed by atoms with van der Waals surface area (Å²) in [5.74, 6) is 0.925. The molecule has 1 nitrogen and oxygen atoms in total. The van der Waals surface area contributed by atoms with Gasteiger partial charge in [0.05, 0.1) is 11.0 Å². The molecule has 220 valence electrons. The van der Waals surface area contributed by atoms with Crippen LogP contribution in [0.5, 0.6) is 0 Å². The fourth-order valence-corrected chi connectivity index (χ4v) is 8.48. The molecule has 0 bridgehead atoms. The predicted octanol–water partition coefficient (Wildman–Crippen LogP) is 12.5. The molecule has 1 heterocycles. The molecule has 9 rings (SSSR count). The van der Waals surface area contributed by atoms with Gasteiger partial charge in [0.25, 0.3) is 0 Å². The van der Waals surface area contributed by atoms with Crippen molar-refractivity contribution in [3.05, 3.63) is 125 Å². The SMILES string of the molecule is Cc1ccc2c(c1)c1c3ccc4c5c(cc6ccc(cc1n2-c1cc(C(C)C)cc(C(C)C)c1)c3c64)C(C)(C)c1ccccc1-5. The van der Waals surface area contributed by atoms with Gasteiger partial charge in [-0.05, 0) is 121 Å². The molecule has 0 radical (unpaired) electrons. The molecule has 1 aromatic heterocycles. The first kappa shape index (κ1) is 26.8. The van der Waals surface area contributed by atoms with Crippen molar-refractivity contribution in [3.63, 3.8) is 0 Å². The van der Waals surface area contributed by atoms with E-state index in [2.05, 4.69) is 150 Å². The predicted molar refractivity (Wildman–Crippen MR) is 195 cm³/mol. The van der Waals surface area contributed by atoms with Gasteiger partial charge in [0.1, 0.15) is 0 Å². The van der Waals surface area contributed by atoms with Gasteiger partial charge in [0.15, 0.2) is 0 Å². The van der Waals surface area contributed by atoms with Gasteiger partial charge in [0.2, 0.25) is 0 Å². The summed E-state index contributed by atoms with van der Waals surface area (Å²) >= 11 is 0. The lowest BCUT2D eigenvalue weighted by atomic mass is 9.80. The number of hydrogen-bond acceptors (Lipinski definition) is 0. The second kappa shape index (κ2) is 8.98. The van der Waals surface area contributed by atoms with E-state index < -0.39 is 0 Å². The molecular weight excluding hydrogens is 542 g/mol. The van der Waals surface area contributed by atoms with E-state index in [0.717, 1.165) is 0 Å². The Morgan fingerprint density at radius 2 is 1.22 bits per heavy atom. The molecule has 0 N–H and O–H groups in total. The molecule has 0 fully saturated rings. The van der Waals surface area contributed by atoms with Crippen LogP contribution >= 0.6 is 0 Å². The van der Waals surface area contributed by atoms with Crippen LogP contribution in [0.3, 0.4) is 0 Å². The number of nitrogens with zero attached hydrogens (tertiary/aromatic N) is 1. The Labute approximate surface area is 265 Å². The van der Waals surface area contributed by atoms with E-state index in [1.165, 1.54) is 98.8 Å². The Morgan fingerprint density at radius 3 is 1.96 bits per heavy atom. The van der Waals surface area contributed by atoms with Crippen LogP contribution in [0.1, 0.15) is 81.2 Å². The third-order valence-corrected chi connectivity index (χ3v) is 10.9. The third-order valence-electron chi connectivity index (χ3n) is 10.9. The minimum Gasteiger partial charge on any atom is -0.309 e. The summed E-state index contributed by atoms with van der Waals surface area (Å²) < 4.78 is 2.53. The van der Waals surface area contributed by atoms with Crippen molar-refractivity contribution in [2.24, 2.45) is 0 Å². The molecule has 45 heavy (non-hydrogen) atoms. The zero-order valence-electron chi connectivity index (χ0n) is 27.3. The van der Waals surface area contributed by atoms with Crippen molar-refractivity contribution < 1.29 is 0 Å². The van der Waals surface area contributed by atoms with Crippen molar-refractivity contribution in [2.75, 3.05) is 0 Å². The smallest absolute Gasteiger partial charge is 0.0553 e. The van der Waals surface area contributed by atoms with Crippen LogP contribution in [0.15, 0.2) is 97.1 Å². The average Bonchev–Trinajstić information content (AvgIpc) is 3.47. The van der Waals surface area contributed by atoms with Gasteiger partial charge in [-0.15, -0.1) is 0 Å². The second-order valence-corrected chi connectivity index (χ2v) is 14.7. The number of aryl methyl sites for hydroxylation is 1. The maximum atomic E-state index is 2.53.